The third-order valence-electron chi connectivity index (χ3n) is 4.67. The molecule has 0 spiro atoms. The zero-order valence-electron chi connectivity index (χ0n) is 20.1. The Morgan fingerprint density at radius 3 is 1.76 bits per heavy atom. The number of carboxylic acids is 1. The van der Waals surface area contributed by atoms with Crippen LogP contribution in [0, 0.1) is 11.8 Å². The number of nitrogens with one attached hydrogen (secondary N) is 3. The first-order valence-electron chi connectivity index (χ1n) is 10.9. The first-order valence-corrected chi connectivity index (χ1v) is 12.3. The van der Waals surface area contributed by atoms with Crippen molar-refractivity contribution in [2.75, 3.05) is 12.0 Å². The number of primary amides is 1. The van der Waals surface area contributed by atoms with E-state index < -0.39 is 60.2 Å². The Labute approximate surface area is 199 Å². The van der Waals surface area contributed by atoms with Crippen LogP contribution in [0.4, 0.5) is 0 Å². The molecule has 0 rings (SSSR count). The minimum absolute atomic E-state index is 0.0628. The fourth-order valence-corrected chi connectivity index (χ4v) is 3.52. The fourth-order valence-electron chi connectivity index (χ4n) is 3.05. The van der Waals surface area contributed by atoms with Crippen molar-refractivity contribution in [3.63, 3.8) is 0 Å². The predicted molar refractivity (Wildman–Crippen MR) is 127 cm³/mol. The molecular formula is C21H39N5O6S. The lowest BCUT2D eigenvalue weighted by atomic mass is 10.00. The minimum Gasteiger partial charge on any atom is -0.480 e. The standard InChI is InChI=1S/C21H39N5O6S/c1-11(2)8-13(22)18(28)25-15(9-12(3)4)20(30)24-14(6-7-33-5)19(29)26-16(21(31)32)10-17(23)27/h11-16H,6-10,22H2,1-5H3,(H2,23,27)(H,24,30)(H,25,28)(H,26,29)(H,31,32). The Bertz CT molecular complexity index is 688. The van der Waals surface area contributed by atoms with Crippen molar-refractivity contribution in [1.29, 1.82) is 0 Å². The topological polar surface area (TPSA) is 194 Å². The molecule has 4 amide bonds. The molecule has 12 heteroatoms. The molecule has 8 N–H and O–H groups in total. The highest BCUT2D eigenvalue weighted by Crippen LogP contribution is 2.09. The average molecular weight is 490 g/mol. The summed E-state index contributed by atoms with van der Waals surface area (Å²) < 4.78 is 0. The Balaban J connectivity index is 5.47. The molecule has 11 nitrogen and oxygen atoms in total. The highest BCUT2D eigenvalue weighted by Gasteiger charge is 2.31. The number of carbonyl (C=O) groups excluding carboxylic acids is 4. The molecule has 0 fully saturated rings. The molecule has 33 heavy (non-hydrogen) atoms. The second kappa shape index (κ2) is 15.5. The predicted octanol–water partition coefficient (Wildman–Crippen LogP) is -0.427. The van der Waals surface area contributed by atoms with Gasteiger partial charge in [0.15, 0.2) is 0 Å². The van der Waals surface area contributed by atoms with E-state index in [-0.39, 0.29) is 18.3 Å². The molecule has 190 valence electrons. The normalized spacial score (nSPS) is 14.8. The van der Waals surface area contributed by atoms with E-state index in [1.165, 1.54) is 11.8 Å². The summed E-state index contributed by atoms with van der Waals surface area (Å²) in [5.41, 5.74) is 11.0. The van der Waals surface area contributed by atoms with E-state index in [1.54, 1.807) is 0 Å². The SMILES string of the molecule is CSCCC(NC(=O)C(CC(C)C)NC(=O)C(N)CC(C)C)C(=O)NC(CC(N)=O)C(=O)O. The third kappa shape index (κ3) is 13.1. The second-order valence-electron chi connectivity index (χ2n) is 8.84. The van der Waals surface area contributed by atoms with Crippen LogP contribution >= 0.6 is 11.8 Å². The molecule has 0 aliphatic carbocycles. The quantitative estimate of drug-likeness (QED) is 0.168. The van der Waals surface area contributed by atoms with Gasteiger partial charge in [-0.3, -0.25) is 19.2 Å². The Morgan fingerprint density at radius 1 is 0.818 bits per heavy atom. The van der Waals surface area contributed by atoms with Crippen molar-refractivity contribution in [1.82, 2.24) is 16.0 Å². The summed E-state index contributed by atoms with van der Waals surface area (Å²) in [5, 5.41) is 16.8. The molecule has 4 atom stereocenters. The maximum atomic E-state index is 13.0. The Kier molecular flexibility index (Phi) is 14.4. The lowest BCUT2D eigenvalue weighted by Gasteiger charge is -2.26. The first kappa shape index (κ1) is 30.7. The van der Waals surface area contributed by atoms with Crippen LogP contribution in [0.1, 0.15) is 53.4 Å². The summed E-state index contributed by atoms with van der Waals surface area (Å²) in [6.07, 6.45) is 2.24. The third-order valence-corrected chi connectivity index (χ3v) is 5.31. The van der Waals surface area contributed by atoms with Crippen molar-refractivity contribution < 1.29 is 29.1 Å². The van der Waals surface area contributed by atoms with Gasteiger partial charge >= 0.3 is 5.97 Å². The Hall–Kier alpha value is -2.34. The van der Waals surface area contributed by atoms with Crippen LogP contribution in [0.2, 0.25) is 0 Å². The molecule has 0 saturated carbocycles. The Morgan fingerprint density at radius 2 is 1.30 bits per heavy atom. The van der Waals surface area contributed by atoms with E-state index in [9.17, 15) is 29.1 Å². The van der Waals surface area contributed by atoms with Crippen LogP contribution in [0.15, 0.2) is 0 Å². The smallest absolute Gasteiger partial charge is 0.326 e. The number of hydrogen-bond donors (Lipinski definition) is 6. The van der Waals surface area contributed by atoms with Gasteiger partial charge < -0.3 is 32.5 Å². The van der Waals surface area contributed by atoms with E-state index in [1.807, 2.05) is 34.0 Å². The van der Waals surface area contributed by atoms with Gasteiger partial charge in [0.25, 0.3) is 0 Å². The summed E-state index contributed by atoms with van der Waals surface area (Å²) >= 11 is 1.44. The largest absolute Gasteiger partial charge is 0.480 e. The minimum atomic E-state index is -1.51. The molecular weight excluding hydrogens is 450 g/mol. The second-order valence-corrected chi connectivity index (χ2v) is 9.82. The number of carboxylic acid groups (broad SMARTS) is 1. The van der Waals surface area contributed by atoms with Crippen molar-refractivity contribution in [2.24, 2.45) is 23.3 Å². The van der Waals surface area contributed by atoms with Crippen molar-refractivity contribution >= 4 is 41.4 Å². The molecule has 0 aromatic rings. The van der Waals surface area contributed by atoms with Crippen LogP contribution in [0.25, 0.3) is 0 Å². The molecule has 0 heterocycles. The van der Waals surface area contributed by atoms with Crippen molar-refractivity contribution in [3.05, 3.63) is 0 Å². The fraction of sp³-hybridized carbons (Fsp3) is 0.762. The maximum absolute atomic E-state index is 13.0. The zero-order chi connectivity index (χ0) is 25.7. The number of nitrogens with two attached hydrogens (primary N) is 2. The van der Waals surface area contributed by atoms with Gasteiger partial charge in [0, 0.05) is 0 Å². The lowest BCUT2D eigenvalue weighted by Crippen LogP contribution is -2.57. The van der Waals surface area contributed by atoms with Crippen molar-refractivity contribution in [3.8, 4) is 0 Å². The van der Waals surface area contributed by atoms with Gasteiger partial charge in [0.2, 0.25) is 23.6 Å². The number of carbonyl (C=O) groups is 5. The highest BCUT2D eigenvalue weighted by molar-refractivity contribution is 7.98. The van der Waals surface area contributed by atoms with Gasteiger partial charge in [-0.1, -0.05) is 27.7 Å². The molecule has 0 aromatic carbocycles. The number of thioether (sulfide) groups is 1. The van der Waals surface area contributed by atoms with Gasteiger partial charge in [0.1, 0.15) is 18.1 Å². The van der Waals surface area contributed by atoms with Gasteiger partial charge in [0.05, 0.1) is 12.5 Å². The van der Waals surface area contributed by atoms with E-state index in [2.05, 4.69) is 16.0 Å². The molecule has 0 aliphatic rings. The van der Waals surface area contributed by atoms with Gasteiger partial charge in [-0.05, 0) is 43.1 Å². The van der Waals surface area contributed by atoms with E-state index >= 15 is 0 Å². The van der Waals surface area contributed by atoms with E-state index in [0.717, 1.165) is 0 Å². The number of rotatable bonds is 16. The molecule has 4 unspecified atom stereocenters. The van der Waals surface area contributed by atoms with Crippen LogP contribution in [-0.4, -0.2) is 70.9 Å². The lowest BCUT2D eigenvalue weighted by molar-refractivity contribution is -0.143. The zero-order valence-corrected chi connectivity index (χ0v) is 20.9. The number of amides is 4. The summed E-state index contributed by atoms with van der Waals surface area (Å²) in [6, 6.07) is -4.26. The summed E-state index contributed by atoms with van der Waals surface area (Å²) in [4.78, 5) is 60.7. The molecule has 0 saturated heterocycles. The van der Waals surface area contributed by atoms with E-state index in [4.69, 9.17) is 11.5 Å². The summed E-state index contributed by atoms with van der Waals surface area (Å²) in [5.74, 6) is -3.31. The molecule has 0 radical (unpaired) electrons. The number of hydrogen-bond acceptors (Lipinski definition) is 7. The first-order chi connectivity index (χ1) is 15.3. The van der Waals surface area contributed by atoms with Crippen molar-refractivity contribution in [2.45, 2.75) is 77.5 Å². The summed E-state index contributed by atoms with van der Waals surface area (Å²) in [7, 11) is 0. The van der Waals surface area contributed by atoms with Gasteiger partial charge in [-0.25, -0.2) is 4.79 Å². The van der Waals surface area contributed by atoms with Crippen LogP contribution in [0.5, 0.6) is 0 Å². The van der Waals surface area contributed by atoms with E-state index in [0.29, 0.717) is 18.6 Å². The average Bonchev–Trinajstić information content (AvgIpc) is 2.68. The van der Waals surface area contributed by atoms with Gasteiger partial charge in [-0.2, -0.15) is 11.8 Å². The monoisotopic (exact) mass is 489 g/mol. The van der Waals surface area contributed by atoms with Crippen LogP contribution < -0.4 is 27.4 Å². The maximum Gasteiger partial charge on any atom is 0.326 e. The molecule has 0 aromatic heterocycles. The highest BCUT2D eigenvalue weighted by atomic mass is 32.2. The van der Waals surface area contributed by atoms with Gasteiger partial charge in [-0.15, -0.1) is 0 Å². The molecule has 0 aliphatic heterocycles. The van der Waals surface area contributed by atoms with Crippen LogP contribution in [-0.2, 0) is 24.0 Å². The summed E-state index contributed by atoms with van der Waals surface area (Å²) in [6.45, 7) is 7.64. The van der Waals surface area contributed by atoms with Crippen LogP contribution in [0.3, 0.4) is 0 Å². The molecule has 0 bridgehead atoms. The number of aliphatic carboxylic acids is 1.